The maximum atomic E-state index is 4.44. The molecule has 64 valence electrons. The zero-order chi connectivity index (χ0) is 8.27. The summed E-state index contributed by atoms with van der Waals surface area (Å²) in [5, 5.41) is 6.35. The summed E-state index contributed by atoms with van der Waals surface area (Å²) in [5.74, 6) is 0.849. The third-order valence-corrected chi connectivity index (χ3v) is 2.09. The maximum Gasteiger partial charge on any atom is 0.0383 e. The lowest BCUT2D eigenvalue weighted by Crippen LogP contribution is -2.16. The summed E-state index contributed by atoms with van der Waals surface area (Å²) in [4.78, 5) is 0. The molecule has 1 aliphatic carbocycles. The molecule has 1 aliphatic rings. The monoisotopic (exact) mass is 154 g/mol. The molecule has 1 unspecified atom stereocenters. The fourth-order valence-electron chi connectivity index (χ4n) is 1.63. The van der Waals surface area contributed by atoms with Crippen LogP contribution in [0.15, 0.2) is 5.10 Å². The molecule has 2 heteroatoms. The molecule has 0 aromatic rings. The molecule has 0 N–H and O–H groups in total. The van der Waals surface area contributed by atoms with Gasteiger partial charge in [-0.05, 0) is 31.6 Å². The van der Waals surface area contributed by atoms with Crippen molar-refractivity contribution >= 4 is 5.71 Å². The molecule has 0 spiro atoms. The van der Waals surface area contributed by atoms with Gasteiger partial charge in [-0.1, -0.05) is 6.92 Å². The van der Waals surface area contributed by atoms with Crippen molar-refractivity contribution in [3.63, 3.8) is 0 Å². The Hall–Kier alpha value is -0.530. The topological polar surface area (TPSA) is 15.6 Å². The van der Waals surface area contributed by atoms with Gasteiger partial charge >= 0.3 is 0 Å². The standard InChI is InChI=1S/C9H18N2/c1-8-5-4-6-9(7-8)10-11(2)3/h8H,4-7H2,1-3H3. The predicted molar refractivity (Wildman–Crippen MR) is 48.8 cm³/mol. The Morgan fingerprint density at radius 3 is 2.73 bits per heavy atom. The van der Waals surface area contributed by atoms with E-state index < -0.39 is 0 Å². The van der Waals surface area contributed by atoms with E-state index in [9.17, 15) is 0 Å². The van der Waals surface area contributed by atoms with E-state index in [0.29, 0.717) is 0 Å². The molecular weight excluding hydrogens is 136 g/mol. The van der Waals surface area contributed by atoms with Crippen LogP contribution in [0.3, 0.4) is 0 Å². The summed E-state index contributed by atoms with van der Waals surface area (Å²) in [6.45, 7) is 2.31. The Morgan fingerprint density at radius 2 is 2.18 bits per heavy atom. The van der Waals surface area contributed by atoms with Crippen LogP contribution >= 0.6 is 0 Å². The predicted octanol–water partition coefficient (Wildman–Crippen LogP) is 2.11. The van der Waals surface area contributed by atoms with Gasteiger partial charge < -0.3 is 5.01 Å². The van der Waals surface area contributed by atoms with Crippen LogP contribution in [-0.4, -0.2) is 24.8 Å². The number of rotatable bonds is 1. The number of hydrogen-bond acceptors (Lipinski definition) is 2. The van der Waals surface area contributed by atoms with Gasteiger partial charge in [0.15, 0.2) is 0 Å². The van der Waals surface area contributed by atoms with Crippen LogP contribution in [0.25, 0.3) is 0 Å². The highest BCUT2D eigenvalue weighted by molar-refractivity contribution is 5.85. The molecule has 1 atom stereocenters. The Morgan fingerprint density at radius 1 is 1.45 bits per heavy atom. The summed E-state index contributed by atoms with van der Waals surface area (Å²) >= 11 is 0. The Labute approximate surface area is 69.3 Å². The lowest BCUT2D eigenvalue weighted by molar-refractivity contribution is 0.420. The van der Waals surface area contributed by atoms with Crippen molar-refractivity contribution in [3.8, 4) is 0 Å². The van der Waals surface area contributed by atoms with Crippen molar-refractivity contribution in [1.82, 2.24) is 5.01 Å². The second-order valence-corrected chi connectivity index (χ2v) is 3.71. The van der Waals surface area contributed by atoms with Crippen LogP contribution in [0.1, 0.15) is 32.6 Å². The van der Waals surface area contributed by atoms with Crippen LogP contribution in [0.2, 0.25) is 0 Å². The molecule has 0 amide bonds. The van der Waals surface area contributed by atoms with Gasteiger partial charge in [-0.2, -0.15) is 5.10 Å². The molecule has 0 radical (unpaired) electrons. The molecule has 1 rings (SSSR count). The average molecular weight is 154 g/mol. The molecule has 0 heterocycles. The fourth-order valence-corrected chi connectivity index (χ4v) is 1.63. The lowest BCUT2D eigenvalue weighted by atomic mass is 9.89. The van der Waals surface area contributed by atoms with Gasteiger partial charge in [0, 0.05) is 19.8 Å². The minimum atomic E-state index is 0.849. The van der Waals surface area contributed by atoms with Gasteiger partial charge in [0.25, 0.3) is 0 Å². The summed E-state index contributed by atoms with van der Waals surface area (Å²) in [5.41, 5.74) is 1.38. The van der Waals surface area contributed by atoms with Gasteiger partial charge in [0.1, 0.15) is 0 Å². The van der Waals surface area contributed by atoms with Crippen molar-refractivity contribution in [2.24, 2.45) is 11.0 Å². The quantitative estimate of drug-likeness (QED) is 0.528. The molecule has 0 aromatic carbocycles. The van der Waals surface area contributed by atoms with Gasteiger partial charge in [-0.15, -0.1) is 0 Å². The fraction of sp³-hybridized carbons (Fsp3) is 0.889. The summed E-state index contributed by atoms with van der Waals surface area (Å²) < 4.78 is 0. The molecular formula is C9H18N2. The largest absolute Gasteiger partial charge is 0.303 e. The van der Waals surface area contributed by atoms with Gasteiger partial charge in [-0.3, -0.25) is 0 Å². The summed E-state index contributed by atoms with van der Waals surface area (Å²) in [6.07, 6.45) is 5.13. The van der Waals surface area contributed by atoms with Crippen LogP contribution in [0.4, 0.5) is 0 Å². The average Bonchev–Trinajstić information content (AvgIpc) is 1.85. The van der Waals surface area contributed by atoms with Crippen molar-refractivity contribution in [1.29, 1.82) is 0 Å². The lowest BCUT2D eigenvalue weighted by Gasteiger charge is -2.20. The maximum absolute atomic E-state index is 4.44. The van der Waals surface area contributed by atoms with E-state index in [4.69, 9.17) is 0 Å². The SMILES string of the molecule is CC1CCCC(=NN(C)C)C1. The number of hydrogen-bond donors (Lipinski definition) is 0. The van der Waals surface area contributed by atoms with E-state index in [2.05, 4.69) is 12.0 Å². The molecule has 1 saturated carbocycles. The zero-order valence-corrected chi connectivity index (χ0v) is 7.80. The molecule has 0 aliphatic heterocycles. The highest BCUT2D eigenvalue weighted by atomic mass is 15.4. The normalized spacial score (nSPS) is 29.0. The first-order chi connectivity index (χ1) is 5.18. The molecule has 0 saturated heterocycles. The highest BCUT2D eigenvalue weighted by Crippen LogP contribution is 2.21. The van der Waals surface area contributed by atoms with Crippen LogP contribution in [-0.2, 0) is 0 Å². The van der Waals surface area contributed by atoms with Gasteiger partial charge in [0.2, 0.25) is 0 Å². The first-order valence-corrected chi connectivity index (χ1v) is 4.42. The van der Waals surface area contributed by atoms with Gasteiger partial charge in [0.05, 0.1) is 0 Å². The molecule has 1 fully saturated rings. The second kappa shape index (κ2) is 3.74. The number of hydrazone groups is 1. The van der Waals surface area contributed by atoms with Gasteiger partial charge in [-0.25, -0.2) is 0 Å². The van der Waals surface area contributed by atoms with E-state index >= 15 is 0 Å². The van der Waals surface area contributed by atoms with Crippen molar-refractivity contribution in [2.75, 3.05) is 14.1 Å². The molecule has 11 heavy (non-hydrogen) atoms. The van der Waals surface area contributed by atoms with E-state index in [-0.39, 0.29) is 0 Å². The van der Waals surface area contributed by atoms with Crippen molar-refractivity contribution in [2.45, 2.75) is 32.6 Å². The van der Waals surface area contributed by atoms with E-state index in [1.165, 1.54) is 31.4 Å². The van der Waals surface area contributed by atoms with Crippen LogP contribution in [0.5, 0.6) is 0 Å². The van der Waals surface area contributed by atoms with Crippen molar-refractivity contribution < 1.29 is 0 Å². The summed E-state index contributed by atoms with van der Waals surface area (Å²) in [6, 6.07) is 0. The first kappa shape index (κ1) is 8.57. The molecule has 0 aromatic heterocycles. The van der Waals surface area contributed by atoms with E-state index in [1.54, 1.807) is 0 Å². The van der Waals surface area contributed by atoms with E-state index in [1.807, 2.05) is 19.1 Å². The zero-order valence-electron chi connectivity index (χ0n) is 7.80. The first-order valence-electron chi connectivity index (χ1n) is 4.42. The Balaban J connectivity index is 2.45. The summed E-state index contributed by atoms with van der Waals surface area (Å²) in [7, 11) is 3.98. The molecule has 0 bridgehead atoms. The third-order valence-electron chi connectivity index (χ3n) is 2.09. The Kier molecular flexibility index (Phi) is 2.92. The minimum Gasteiger partial charge on any atom is -0.303 e. The highest BCUT2D eigenvalue weighted by Gasteiger charge is 2.13. The van der Waals surface area contributed by atoms with Crippen LogP contribution < -0.4 is 0 Å². The van der Waals surface area contributed by atoms with E-state index in [0.717, 1.165) is 5.92 Å². The van der Waals surface area contributed by atoms with Crippen molar-refractivity contribution in [3.05, 3.63) is 0 Å². The minimum absolute atomic E-state index is 0.849. The number of nitrogens with zero attached hydrogens (tertiary/aromatic N) is 2. The molecule has 2 nitrogen and oxygen atoms in total. The third kappa shape index (κ3) is 2.91. The second-order valence-electron chi connectivity index (χ2n) is 3.71. The Bertz CT molecular complexity index is 150. The van der Waals surface area contributed by atoms with Crippen LogP contribution in [0, 0.1) is 5.92 Å². The smallest absolute Gasteiger partial charge is 0.0383 e.